The van der Waals surface area contributed by atoms with Crippen LogP contribution in [0.25, 0.3) is 10.4 Å². The average molecular weight is 293 g/mol. The molecule has 20 heavy (non-hydrogen) atoms. The first-order valence-electron chi connectivity index (χ1n) is 5.67. The van der Waals surface area contributed by atoms with E-state index in [1.165, 1.54) is 0 Å². The molecule has 5 nitrogen and oxygen atoms in total. The summed E-state index contributed by atoms with van der Waals surface area (Å²) in [5.41, 5.74) is 10.3. The number of halogens is 4. The van der Waals surface area contributed by atoms with Crippen molar-refractivity contribution in [2.75, 3.05) is 38.1 Å². The van der Waals surface area contributed by atoms with E-state index < -0.39 is 0 Å². The summed E-state index contributed by atoms with van der Waals surface area (Å²) in [4.78, 5) is 7.43. The summed E-state index contributed by atoms with van der Waals surface area (Å²) in [6.07, 6.45) is 0. The van der Waals surface area contributed by atoms with E-state index in [4.69, 9.17) is 23.8 Å². The van der Waals surface area contributed by atoms with Gasteiger partial charge in [-0.25, -0.2) is 0 Å². The lowest BCUT2D eigenvalue weighted by molar-refractivity contribution is 0.108. The van der Waals surface area contributed by atoms with E-state index in [9.17, 15) is 0 Å². The van der Waals surface area contributed by atoms with Crippen molar-refractivity contribution >= 4 is 11.4 Å². The Balaban J connectivity index is 0.000000829. The minimum absolute atomic E-state index is 0.717. The van der Waals surface area contributed by atoms with Crippen LogP contribution < -0.4 is 4.90 Å². The van der Waals surface area contributed by atoms with Gasteiger partial charge in [-0.2, -0.15) is 0 Å². The Labute approximate surface area is 113 Å². The van der Waals surface area contributed by atoms with Crippen LogP contribution >= 0.6 is 0 Å². The number of piperazine rings is 1. The Hall–Kier alpha value is -1.99. The summed E-state index contributed by atoms with van der Waals surface area (Å²) in [5.74, 6) is 0. The van der Waals surface area contributed by atoms with Gasteiger partial charge >= 0.3 is 0 Å². The fourth-order valence-electron chi connectivity index (χ4n) is 1.91. The van der Waals surface area contributed by atoms with Crippen LogP contribution in [0.2, 0.25) is 0 Å². The molecule has 1 aromatic carbocycles. The summed E-state index contributed by atoms with van der Waals surface area (Å²) in [6.45, 7) is 4.05. The SMILES string of the molecule is CN1CCN(c2ccccc2N=[N+]=[N-])CC1.FF.FF. The zero-order valence-corrected chi connectivity index (χ0v) is 10.9. The van der Waals surface area contributed by atoms with Crippen LogP contribution in [-0.4, -0.2) is 38.1 Å². The summed E-state index contributed by atoms with van der Waals surface area (Å²) < 4.78 is 32.0. The first-order valence-corrected chi connectivity index (χ1v) is 5.67. The van der Waals surface area contributed by atoms with E-state index in [0.717, 1.165) is 37.6 Å². The second kappa shape index (κ2) is 10.9. The Morgan fingerprint density at radius 2 is 1.60 bits per heavy atom. The minimum atomic E-state index is 0.717. The predicted octanol–water partition coefficient (Wildman–Crippen LogP) is 4.06. The van der Waals surface area contributed by atoms with Gasteiger partial charge in [-0.3, -0.25) is 0 Å². The highest BCUT2D eigenvalue weighted by atomic mass is 20.0. The number of likely N-dealkylation sites (N-methyl/N-ethyl adjacent to an activating group) is 1. The van der Waals surface area contributed by atoms with Crippen molar-refractivity contribution in [3.8, 4) is 0 Å². The quantitative estimate of drug-likeness (QED) is 0.357. The van der Waals surface area contributed by atoms with Gasteiger partial charge in [-0.15, -0.1) is 0 Å². The van der Waals surface area contributed by atoms with Gasteiger partial charge < -0.3 is 9.80 Å². The summed E-state index contributed by atoms with van der Waals surface area (Å²) in [6, 6.07) is 7.73. The minimum Gasteiger partial charge on any atom is -0.369 e. The van der Waals surface area contributed by atoms with Crippen molar-refractivity contribution in [3.05, 3.63) is 34.7 Å². The molecule has 0 N–H and O–H groups in total. The number of hydrogen-bond acceptors (Lipinski definition) is 3. The van der Waals surface area contributed by atoms with Gasteiger partial charge in [0.05, 0.1) is 5.69 Å². The van der Waals surface area contributed by atoms with E-state index in [1.807, 2.05) is 24.3 Å². The zero-order valence-electron chi connectivity index (χ0n) is 10.9. The highest BCUT2D eigenvalue weighted by Crippen LogP contribution is 2.28. The molecule has 1 aromatic rings. The highest BCUT2D eigenvalue weighted by Gasteiger charge is 2.15. The molecular formula is C11H15F4N5. The summed E-state index contributed by atoms with van der Waals surface area (Å²) >= 11 is 0. The van der Waals surface area contributed by atoms with Gasteiger partial charge in [0, 0.05) is 55.1 Å². The number of rotatable bonds is 2. The Morgan fingerprint density at radius 1 is 1.05 bits per heavy atom. The van der Waals surface area contributed by atoms with Gasteiger partial charge in [-0.1, -0.05) is 23.3 Å². The van der Waals surface area contributed by atoms with Crippen LogP contribution in [0.3, 0.4) is 0 Å². The molecule has 1 aliphatic rings. The van der Waals surface area contributed by atoms with Crippen molar-refractivity contribution < 1.29 is 18.3 Å². The molecule has 0 atom stereocenters. The Kier molecular flexibility index (Phi) is 9.81. The molecule has 0 radical (unpaired) electrons. The number of hydrogen-bond donors (Lipinski definition) is 0. The maximum absolute atomic E-state index is 8.52. The van der Waals surface area contributed by atoms with E-state index in [2.05, 4.69) is 26.9 Å². The third kappa shape index (κ3) is 5.33. The number of azide groups is 1. The molecule has 0 bridgehead atoms. The van der Waals surface area contributed by atoms with Crippen LogP contribution in [-0.2, 0) is 0 Å². The topological polar surface area (TPSA) is 55.2 Å². The lowest BCUT2D eigenvalue weighted by Crippen LogP contribution is -2.44. The number of nitrogens with zero attached hydrogens (tertiary/aromatic N) is 5. The van der Waals surface area contributed by atoms with Crippen LogP contribution in [0, 0.1) is 0 Å². The zero-order chi connectivity index (χ0) is 15.4. The molecule has 1 saturated heterocycles. The second-order valence-corrected chi connectivity index (χ2v) is 3.97. The first kappa shape index (κ1) is 18.0. The third-order valence-corrected chi connectivity index (χ3v) is 2.88. The van der Waals surface area contributed by atoms with Crippen LogP contribution in [0.4, 0.5) is 29.7 Å². The molecule has 0 aromatic heterocycles. The van der Waals surface area contributed by atoms with Crippen molar-refractivity contribution in [1.29, 1.82) is 0 Å². The van der Waals surface area contributed by atoms with Crippen molar-refractivity contribution in [2.24, 2.45) is 5.11 Å². The molecule has 1 fully saturated rings. The standard InChI is InChI=1S/C11H15N5.2F2/c1-15-6-8-16(9-7-15)11-5-3-2-4-10(11)13-14-12;2*1-2/h2-5H,6-9H2,1H3;;. The highest BCUT2D eigenvalue weighted by molar-refractivity contribution is 5.66. The Morgan fingerprint density at radius 3 is 2.15 bits per heavy atom. The number of benzene rings is 1. The molecule has 0 amide bonds. The molecule has 9 heteroatoms. The van der Waals surface area contributed by atoms with Crippen molar-refractivity contribution in [2.45, 2.75) is 0 Å². The number of para-hydroxylation sites is 1. The molecule has 0 unspecified atom stereocenters. The lowest BCUT2D eigenvalue weighted by Gasteiger charge is -2.34. The van der Waals surface area contributed by atoms with E-state index in [-0.39, 0.29) is 0 Å². The fraction of sp³-hybridized carbons (Fsp3) is 0.455. The molecule has 1 aliphatic heterocycles. The second-order valence-electron chi connectivity index (χ2n) is 3.97. The lowest BCUT2D eigenvalue weighted by atomic mass is 10.2. The van der Waals surface area contributed by atoms with Gasteiger partial charge in [0.15, 0.2) is 0 Å². The molecule has 1 heterocycles. The van der Waals surface area contributed by atoms with Crippen molar-refractivity contribution in [3.63, 3.8) is 0 Å². The van der Waals surface area contributed by atoms with E-state index in [0.29, 0.717) is 0 Å². The maximum Gasteiger partial charge on any atom is 0.0609 e. The van der Waals surface area contributed by atoms with Crippen LogP contribution in [0.5, 0.6) is 0 Å². The van der Waals surface area contributed by atoms with Crippen LogP contribution in [0.15, 0.2) is 29.4 Å². The third-order valence-electron chi connectivity index (χ3n) is 2.88. The maximum atomic E-state index is 8.52. The molecule has 0 aliphatic carbocycles. The van der Waals surface area contributed by atoms with Gasteiger partial charge in [0.2, 0.25) is 0 Å². The van der Waals surface area contributed by atoms with E-state index in [1.54, 1.807) is 0 Å². The van der Waals surface area contributed by atoms with E-state index >= 15 is 0 Å². The first-order chi connectivity index (χ1) is 9.81. The Bertz CT molecular complexity index is 417. The monoisotopic (exact) mass is 293 g/mol. The smallest absolute Gasteiger partial charge is 0.0609 e. The average Bonchev–Trinajstić information content (AvgIpc) is 2.53. The molecular weight excluding hydrogens is 278 g/mol. The van der Waals surface area contributed by atoms with Crippen molar-refractivity contribution in [1.82, 2.24) is 4.90 Å². The molecule has 112 valence electrons. The fourth-order valence-corrected chi connectivity index (χ4v) is 1.91. The normalized spacial score (nSPS) is 14.2. The number of anilines is 1. The van der Waals surface area contributed by atoms with Gasteiger partial charge in [-0.05, 0) is 18.6 Å². The largest absolute Gasteiger partial charge is 0.369 e. The molecule has 2 rings (SSSR count). The molecule has 0 saturated carbocycles. The molecule has 0 spiro atoms. The summed E-state index contributed by atoms with van der Waals surface area (Å²) in [7, 11) is 2.12. The van der Waals surface area contributed by atoms with Gasteiger partial charge in [0.25, 0.3) is 0 Å². The summed E-state index contributed by atoms with van der Waals surface area (Å²) in [5, 5.41) is 3.73. The predicted molar refractivity (Wildman–Crippen MR) is 69.4 cm³/mol. The van der Waals surface area contributed by atoms with Crippen LogP contribution in [0.1, 0.15) is 0 Å². The van der Waals surface area contributed by atoms with Gasteiger partial charge in [0.1, 0.15) is 0 Å².